The standard InChI is InChI=1S/C29H31N3O9/c1-36-15-20-6-7-24(41-20)29(35)32-13-23-26(14-32)40-19-5-4-17(25(11-19)38-3)12-30-27(33)16-39-22-9-18(28(34)31-23)8-21(10-22)37-2/h4-11,23,26H,12-16H2,1-3H3,(H,30,33)(H,31,34)/t23-,26-/m0/s1. The number of rotatable bonds is 5. The van der Waals surface area contributed by atoms with Gasteiger partial charge in [0.25, 0.3) is 17.7 Å². The van der Waals surface area contributed by atoms with Gasteiger partial charge in [0, 0.05) is 43.5 Å². The molecule has 12 nitrogen and oxygen atoms in total. The van der Waals surface area contributed by atoms with Crippen molar-refractivity contribution in [3.63, 3.8) is 0 Å². The molecule has 2 N–H and O–H groups in total. The first-order valence-corrected chi connectivity index (χ1v) is 13.0. The Labute approximate surface area is 236 Å². The molecular weight excluding hydrogens is 534 g/mol. The SMILES string of the molecule is COCc1ccc(C(=O)N2C[C@@H]3NC(=O)c4cc(OC)cc(c4)OCC(=O)NCc4ccc(cc4OC)O[C@H]3C2)o1. The fourth-order valence-electron chi connectivity index (χ4n) is 4.73. The molecule has 2 aromatic carbocycles. The highest BCUT2D eigenvalue weighted by Crippen LogP contribution is 2.29. The van der Waals surface area contributed by atoms with E-state index in [1.54, 1.807) is 54.5 Å². The molecular formula is C29H31N3O9. The molecule has 1 saturated heterocycles. The first kappa shape index (κ1) is 27.8. The van der Waals surface area contributed by atoms with Gasteiger partial charge in [-0.15, -0.1) is 0 Å². The van der Waals surface area contributed by atoms with Gasteiger partial charge in [-0.2, -0.15) is 0 Å². The number of ether oxygens (including phenoxy) is 5. The number of nitrogens with zero attached hydrogens (tertiary/aromatic N) is 1. The van der Waals surface area contributed by atoms with E-state index in [9.17, 15) is 14.4 Å². The van der Waals surface area contributed by atoms with Crippen molar-refractivity contribution in [2.45, 2.75) is 25.3 Å². The molecule has 4 heterocycles. The van der Waals surface area contributed by atoms with Gasteiger partial charge in [-0.3, -0.25) is 14.4 Å². The zero-order valence-electron chi connectivity index (χ0n) is 22.9. The number of amides is 3. The third-order valence-electron chi connectivity index (χ3n) is 6.80. The molecule has 3 amide bonds. The molecule has 0 spiro atoms. The van der Waals surface area contributed by atoms with E-state index in [0.717, 1.165) is 5.56 Å². The normalized spacial score (nSPS) is 18.9. The van der Waals surface area contributed by atoms with Gasteiger partial charge in [0.15, 0.2) is 12.4 Å². The molecule has 0 radical (unpaired) electrons. The molecule has 1 fully saturated rings. The summed E-state index contributed by atoms with van der Waals surface area (Å²) >= 11 is 0. The lowest BCUT2D eigenvalue weighted by atomic mass is 10.1. The zero-order valence-corrected chi connectivity index (χ0v) is 22.9. The maximum atomic E-state index is 13.4. The minimum atomic E-state index is -0.594. The Kier molecular flexibility index (Phi) is 8.29. The van der Waals surface area contributed by atoms with Crippen LogP contribution in [0.3, 0.4) is 0 Å². The molecule has 3 aromatic rings. The molecule has 3 aliphatic rings. The number of nitrogens with one attached hydrogen (secondary N) is 2. The summed E-state index contributed by atoms with van der Waals surface area (Å²) in [6.45, 7) is 0.550. The van der Waals surface area contributed by atoms with Crippen LogP contribution in [0, 0.1) is 0 Å². The summed E-state index contributed by atoms with van der Waals surface area (Å²) in [5.41, 5.74) is 0.993. The van der Waals surface area contributed by atoms with Gasteiger partial charge in [0.2, 0.25) is 0 Å². The predicted octanol–water partition coefficient (Wildman–Crippen LogP) is 2.15. The summed E-state index contributed by atoms with van der Waals surface area (Å²) in [7, 11) is 4.54. The number of carbonyl (C=O) groups excluding carboxylic acids is 3. The van der Waals surface area contributed by atoms with Gasteiger partial charge >= 0.3 is 0 Å². The van der Waals surface area contributed by atoms with Crippen LogP contribution < -0.4 is 29.6 Å². The Hall–Kier alpha value is -4.71. The number of hydrogen-bond acceptors (Lipinski definition) is 9. The lowest BCUT2D eigenvalue weighted by Gasteiger charge is -2.22. The molecule has 0 unspecified atom stereocenters. The van der Waals surface area contributed by atoms with Gasteiger partial charge in [0.1, 0.15) is 41.5 Å². The minimum absolute atomic E-state index is 0.167. The third kappa shape index (κ3) is 6.38. The lowest BCUT2D eigenvalue weighted by Crippen LogP contribution is -2.45. The van der Waals surface area contributed by atoms with Crippen LogP contribution in [0.5, 0.6) is 23.0 Å². The second kappa shape index (κ2) is 12.2. The fourth-order valence-corrected chi connectivity index (χ4v) is 4.73. The fraction of sp³-hybridized carbons (Fsp3) is 0.345. The Bertz CT molecular complexity index is 1440. The quantitative estimate of drug-likeness (QED) is 0.477. The van der Waals surface area contributed by atoms with Gasteiger partial charge in [0.05, 0.1) is 26.8 Å². The van der Waals surface area contributed by atoms with Crippen molar-refractivity contribution in [3.8, 4) is 23.0 Å². The van der Waals surface area contributed by atoms with Crippen molar-refractivity contribution < 1.29 is 42.5 Å². The number of hydrogen-bond donors (Lipinski definition) is 2. The van der Waals surface area contributed by atoms with Crippen LogP contribution >= 0.6 is 0 Å². The Morgan fingerprint density at radius 1 is 1.00 bits per heavy atom. The number of benzene rings is 2. The molecule has 12 heteroatoms. The minimum Gasteiger partial charge on any atom is -0.497 e. The molecule has 3 aliphatic heterocycles. The van der Waals surface area contributed by atoms with Crippen LogP contribution in [-0.4, -0.2) is 75.8 Å². The van der Waals surface area contributed by atoms with Gasteiger partial charge in [-0.1, -0.05) is 0 Å². The Morgan fingerprint density at radius 2 is 1.85 bits per heavy atom. The van der Waals surface area contributed by atoms with Gasteiger partial charge in [-0.05, 0) is 36.4 Å². The van der Waals surface area contributed by atoms with E-state index < -0.39 is 18.1 Å². The Balaban J connectivity index is 1.46. The van der Waals surface area contributed by atoms with E-state index in [1.165, 1.54) is 20.3 Å². The summed E-state index contributed by atoms with van der Waals surface area (Å²) in [5.74, 6) is 1.25. The summed E-state index contributed by atoms with van der Waals surface area (Å²) in [4.78, 5) is 40.8. The van der Waals surface area contributed by atoms with Crippen molar-refractivity contribution in [2.75, 3.05) is 41.0 Å². The van der Waals surface area contributed by atoms with Crippen LogP contribution in [0.1, 0.15) is 32.2 Å². The number of methoxy groups -OCH3 is 3. The number of fused-ring (bicyclic) bond motifs is 7. The molecule has 1 aromatic heterocycles. The molecule has 41 heavy (non-hydrogen) atoms. The topological polar surface area (TPSA) is 138 Å². The van der Waals surface area contributed by atoms with Crippen LogP contribution in [0.4, 0.5) is 0 Å². The number of carbonyl (C=O) groups is 3. The monoisotopic (exact) mass is 565 g/mol. The molecule has 2 atom stereocenters. The second-order valence-electron chi connectivity index (χ2n) is 9.58. The predicted molar refractivity (Wildman–Crippen MR) is 144 cm³/mol. The van der Waals surface area contributed by atoms with Crippen molar-refractivity contribution in [1.82, 2.24) is 15.5 Å². The average molecular weight is 566 g/mol. The van der Waals surface area contributed by atoms with Crippen molar-refractivity contribution in [2.24, 2.45) is 0 Å². The highest BCUT2D eigenvalue weighted by atomic mass is 16.5. The first-order valence-electron chi connectivity index (χ1n) is 13.0. The highest BCUT2D eigenvalue weighted by Gasteiger charge is 2.39. The summed E-state index contributed by atoms with van der Waals surface area (Å²) in [6, 6.07) is 12.6. The van der Waals surface area contributed by atoms with Gasteiger partial charge < -0.3 is 43.6 Å². The van der Waals surface area contributed by atoms with E-state index in [4.69, 9.17) is 28.1 Å². The zero-order chi connectivity index (χ0) is 28.9. The van der Waals surface area contributed by atoms with Crippen molar-refractivity contribution in [1.29, 1.82) is 0 Å². The number of likely N-dealkylation sites (tertiary alicyclic amines) is 1. The summed E-state index contributed by atoms with van der Waals surface area (Å²) < 4.78 is 33.6. The second-order valence-corrected chi connectivity index (χ2v) is 9.58. The molecule has 6 rings (SSSR count). The van der Waals surface area contributed by atoms with E-state index in [-0.39, 0.29) is 61.7 Å². The molecule has 216 valence electrons. The first-order chi connectivity index (χ1) is 19.9. The maximum absolute atomic E-state index is 13.4. The average Bonchev–Trinajstić information content (AvgIpc) is 3.61. The summed E-state index contributed by atoms with van der Waals surface area (Å²) in [5, 5.41) is 5.79. The van der Waals surface area contributed by atoms with Crippen LogP contribution in [-0.2, 0) is 22.7 Å². The number of furan rings is 1. The van der Waals surface area contributed by atoms with Gasteiger partial charge in [-0.25, -0.2) is 0 Å². The van der Waals surface area contributed by atoms with Crippen molar-refractivity contribution >= 4 is 17.7 Å². The van der Waals surface area contributed by atoms with E-state index in [1.807, 2.05) is 0 Å². The third-order valence-corrected chi connectivity index (χ3v) is 6.80. The van der Waals surface area contributed by atoms with E-state index >= 15 is 0 Å². The Morgan fingerprint density at radius 3 is 2.63 bits per heavy atom. The van der Waals surface area contributed by atoms with Crippen molar-refractivity contribution in [3.05, 3.63) is 71.2 Å². The smallest absolute Gasteiger partial charge is 0.289 e. The molecule has 4 bridgehead atoms. The largest absolute Gasteiger partial charge is 0.497 e. The molecule has 0 aliphatic carbocycles. The van der Waals surface area contributed by atoms with Crippen LogP contribution in [0.2, 0.25) is 0 Å². The molecule has 0 saturated carbocycles. The lowest BCUT2D eigenvalue weighted by molar-refractivity contribution is -0.123. The van der Waals surface area contributed by atoms with E-state index in [2.05, 4.69) is 10.6 Å². The van der Waals surface area contributed by atoms with E-state index in [0.29, 0.717) is 23.0 Å². The summed E-state index contributed by atoms with van der Waals surface area (Å²) in [6.07, 6.45) is -0.594. The maximum Gasteiger partial charge on any atom is 0.289 e. The highest BCUT2D eigenvalue weighted by molar-refractivity contribution is 5.96. The van der Waals surface area contributed by atoms with Crippen LogP contribution in [0.15, 0.2) is 52.9 Å². The van der Waals surface area contributed by atoms with Crippen LogP contribution in [0.25, 0.3) is 0 Å².